The number of allylic oxidation sites excluding steroid dienone is 2. The lowest BCUT2D eigenvalue weighted by atomic mass is 10.2. The van der Waals surface area contributed by atoms with Crippen LogP contribution in [0.4, 0.5) is 4.39 Å². The molecule has 86 valence electrons. The van der Waals surface area contributed by atoms with Crippen molar-refractivity contribution in [2.45, 2.75) is 33.7 Å². The highest BCUT2D eigenvalue weighted by Gasteiger charge is 2.23. The maximum atomic E-state index is 12.8. The predicted molar refractivity (Wildman–Crippen MR) is 61.7 cm³/mol. The summed E-state index contributed by atoms with van der Waals surface area (Å²) in [4.78, 5) is 1.88. The van der Waals surface area contributed by atoms with E-state index in [0.717, 1.165) is 5.70 Å². The van der Waals surface area contributed by atoms with Gasteiger partial charge in [-0.05, 0) is 20.0 Å². The van der Waals surface area contributed by atoms with Gasteiger partial charge in [-0.25, -0.2) is 4.39 Å². The second-order valence-electron chi connectivity index (χ2n) is 3.07. The highest BCUT2D eigenvalue weighted by molar-refractivity contribution is 5.24. The molecule has 2 nitrogen and oxygen atoms in total. The monoisotopic (exact) mass is 213 g/mol. The van der Waals surface area contributed by atoms with E-state index < -0.39 is 5.83 Å². The van der Waals surface area contributed by atoms with Gasteiger partial charge in [0.2, 0.25) is 0 Å². The first kappa shape index (κ1) is 13.8. The van der Waals surface area contributed by atoms with Crippen LogP contribution in [-0.4, -0.2) is 17.5 Å². The molecule has 0 saturated heterocycles. The Kier molecular flexibility index (Phi) is 5.75. The van der Waals surface area contributed by atoms with Crippen LogP contribution in [-0.2, 0) is 4.74 Å². The van der Waals surface area contributed by atoms with Gasteiger partial charge in [-0.3, -0.25) is 0 Å². The van der Waals surface area contributed by atoms with E-state index in [9.17, 15) is 4.39 Å². The Morgan fingerprint density at radius 1 is 1.60 bits per heavy atom. The lowest BCUT2D eigenvalue weighted by Gasteiger charge is -2.34. The Hall–Kier alpha value is -1.25. The fraction of sp³-hybridized carbons (Fsp3) is 0.500. The van der Waals surface area contributed by atoms with Crippen molar-refractivity contribution in [1.29, 1.82) is 0 Å². The van der Waals surface area contributed by atoms with E-state index in [-0.39, 0.29) is 11.8 Å². The maximum Gasteiger partial charge on any atom is 0.173 e. The third kappa shape index (κ3) is 3.11. The highest BCUT2D eigenvalue weighted by Crippen LogP contribution is 2.25. The van der Waals surface area contributed by atoms with Crippen LogP contribution in [0.5, 0.6) is 0 Å². The molecule has 3 heteroatoms. The van der Waals surface area contributed by atoms with Crippen LogP contribution in [0.1, 0.15) is 27.7 Å². The lowest BCUT2D eigenvalue weighted by Crippen LogP contribution is -2.35. The minimum absolute atomic E-state index is 0.195. The molecule has 0 radical (unpaired) electrons. The third-order valence-electron chi connectivity index (χ3n) is 2.10. The van der Waals surface area contributed by atoms with Crippen molar-refractivity contribution in [3.8, 4) is 0 Å². The van der Waals surface area contributed by atoms with Crippen LogP contribution < -0.4 is 0 Å². The van der Waals surface area contributed by atoms with Gasteiger partial charge >= 0.3 is 0 Å². The van der Waals surface area contributed by atoms with E-state index in [2.05, 4.69) is 13.2 Å². The summed E-state index contributed by atoms with van der Waals surface area (Å²) < 4.78 is 18.0. The quantitative estimate of drug-likeness (QED) is 0.695. The van der Waals surface area contributed by atoms with E-state index >= 15 is 0 Å². The van der Waals surface area contributed by atoms with Gasteiger partial charge in [0.05, 0.1) is 11.7 Å². The van der Waals surface area contributed by atoms with Gasteiger partial charge in [0, 0.05) is 0 Å². The van der Waals surface area contributed by atoms with E-state index in [1.54, 1.807) is 13.1 Å². The first-order chi connectivity index (χ1) is 7.07. The third-order valence-corrected chi connectivity index (χ3v) is 2.10. The molecule has 1 rings (SSSR count). The molecule has 0 aromatic carbocycles. The van der Waals surface area contributed by atoms with Crippen LogP contribution in [0.3, 0.4) is 0 Å². The smallest absolute Gasteiger partial charge is 0.173 e. The van der Waals surface area contributed by atoms with E-state index in [1.165, 1.54) is 0 Å². The van der Waals surface area contributed by atoms with Gasteiger partial charge in [-0.2, -0.15) is 0 Å². The Labute approximate surface area is 91.7 Å². The molecule has 1 atom stereocenters. The van der Waals surface area contributed by atoms with Crippen molar-refractivity contribution in [3.05, 3.63) is 36.6 Å². The summed E-state index contributed by atoms with van der Waals surface area (Å²) in [6, 6.07) is 0.195. The van der Waals surface area contributed by atoms with Crippen molar-refractivity contribution in [3.63, 3.8) is 0 Å². The number of nitrogens with zero attached hydrogens (tertiary/aromatic N) is 1. The molecule has 1 heterocycles. The fourth-order valence-electron chi connectivity index (χ4n) is 1.43. The number of rotatable bonds is 2. The second-order valence-corrected chi connectivity index (χ2v) is 3.07. The molecule has 1 aliphatic rings. The van der Waals surface area contributed by atoms with E-state index in [4.69, 9.17) is 4.74 Å². The molecule has 0 amide bonds. The Morgan fingerprint density at radius 3 is 2.53 bits per heavy atom. The molecular weight excluding hydrogens is 193 g/mol. The van der Waals surface area contributed by atoms with Crippen molar-refractivity contribution >= 4 is 0 Å². The summed E-state index contributed by atoms with van der Waals surface area (Å²) in [6.45, 7) is 15.1. The van der Waals surface area contributed by atoms with Crippen molar-refractivity contribution in [1.82, 2.24) is 4.90 Å². The molecule has 0 spiro atoms. The molecule has 1 aliphatic heterocycles. The van der Waals surface area contributed by atoms with Gasteiger partial charge in [-0.1, -0.05) is 27.0 Å². The van der Waals surface area contributed by atoms with Crippen LogP contribution in [0.15, 0.2) is 36.6 Å². The Morgan fingerprint density at radius 2 is 2.13 bits per heavy atom. The first-order valence-corrected chi connectivity index (χ1v) is 5.17. The fourth-order valence-corrected chi connectivity index (χ4v) is 1.43. The van der Waals surface area contributed by atoms with Crippen molar-refractivity contribution in [2.24, 2.45) is 0 Å². The van der Waals surface area contributed by atoms with E-state index in [1.807, 2.05) is 25.7 Å². The topological polar surface area (TPSA) is 12.5 Å². The number of hydrogen-bond donors (Lipinski definition) is 0. The molecular formula is C12H20FNO. The molecule has 0 aromatic rings. The molecule has 0 fully saturated rings. The summed E-state index contributed by atoms with van der Waals surface area (Å²) in [5, 5.41) is 0. The summed E-state index contributed by atoms with van der Waals surface area (Å²) >= 11 is 0. The Balaban J connectivity index is 0.000000921. The SMILES string of the molecule is C=CN1C(C)=C(C(=C)F)OCC1C.CC. The van der Waals surface area contributed by atoms with Gasteiger partial charge in [-0.15, -0.1) is 0 Å². The average molecular weight is 213 g/mol. The van der Waals surface area contributed by atoms with Crippen LogP contribution in [0.2, 0.25) is 0 Å². The molecule has 0 saturated carbocycles. The second kappa shape index (κ2) is 6.27. The Bertz CT molecular complexity index is 271. The largest absolute Gasteiger partial charge is 0.487 e. The molecule has 0 aromatic heterocycles. The highest BCUT2D eigenvalue weighted by atomic mass is 19.1. The standard InChI is InChI=1S/C10H14FNO.C2H6/c1-5-12-7(2)6-13-10(8(3)11)9(12)4;1-2/h5,7H,1,3,6H2,2,4H3;1-2H3. The zero-order chi connectivity index (χ0) is 12.0. The molecule has 0 aliphatic carbocycles. The molecule has 15 heavy (non-hydrogen) atoms. The number of halogens is 1. The van der Waals surface area contributed by atoms with Crippen molar-refractivity contribution < 1.29 is 9.13 Å². The van der Waals surface area contributed by atoms with E-state index in [0.29, 0.717) is 6.61 Å². The van der Waals surface area contributed by atoms with Crippen LogP contribution in [0, 0.1) is 0 Å². The zero-order valence-electron chi connectivity index (χ0n) is 10.0. The zero-order valence-corrected chi connectivity index (χ0v) is 10.0. The summed E-state index contributed by atoms with van der Waals surface area (Å²) in [5.41, 5.74) is 0.723. The molecule has 0 N–H and O–H groups in total. The van der Waals surface area contributed by atoms with Gasteiger partial charge in [0.25, 0.3) is 0 Å². The van der Waals surface area contributed by atoms with Gasteiger partial charge in [0.1, 0.15) is 6.61 Å². The van der Waals surface area contributed by atoms with Gasteiger partial charge in [0.15, 0.2) is 11.6 Å². The van der Waals surface area contributed by atoms with Crippen molar-refractivity contribution in [2.75, 3.05) is 6.61 Å². The predicted octanol–water partition coefficient (Wildman–Crippen LogP) is 3.59. The maximum absolute atomic E-state index is 12.8. The summed E-state index contributed by atoms with van der Waals surface area (Å²) in [5.74, 6) is -0.297. The number of ether oxygens (including phenoxy) is 1. The normalized spacial score (nSPS) is 20.1. The molecule has 0 bridgehead atoms. The van der Waals surface area contributed by atoms with Gasteiger partial charge < -0.3 is 9.64 Å². The van der Waals surface area contributed by atoms with Crippen LogP contribution >= 0.6 is 0 Å². The summed E-state index contributed by atoms with van der Waals surface area (Å²) in [6.07, 6.45) is 1.67. The van der Waals surface area contributed by atoms with Crippen LogP contribution in [0.25, 0.3) is 0 Å². The average Bonchev–Trinajstić information content (AvgIpc) is 2.21. The summed E-state index contributed by atoms with van der Waals surface area (Å²) in [7, 11) is 0. The minimum Gasteiger partial charge on any atom is -0.487 e. The lowest BCUT2D eigenvalue weighted by molar-refractivity contribution is 0.109. The molecule has 1 unspecified atom stereocenters. The first-order valence-electron chi connectivity index (χ1n) is 5.17. The number of hydrogen-bond acceptors (Lipinski definition) is 2. The minimum atomic E-state index is -0.531.